The Morgan fingerprint density at radius 1 is 1.11 bits per heavy atom. The van der Waals surface area contributed by atoms with Crippen molar-refractivity contribution in [3.8, 4) is 5.75 Å². The number of halogens is 2. The van der Waals surface area contributed by atoms with Crippen LogP contribution < -0.4 is 9.46 Å². The van der Waals surface area contributed by atoms with Gasteiger partial charge >= 0.3 is 0 Å². The zero-order valence-corrected chi connectivity index (χ0v) is 18.8. The maximum absolute atomic E-state index is 13.0. The first-order valence-electron chi connectivity index (χ1n) is 8.40. The van der Waals surface area contributed by atoms with Crippen molar-refractivity contribution in [2.45, 2.75) is 29.6 Å². The van der Waals surface area contributed by atoms with E-state index in [1.807, 2.05) is 0 Å². The van der Waals surface area contributed by atoms with E-state index >= 15 is 0 Å². The lowest BCUT2D eigenvalue weighted by Crippen LogP contribution is -2.28. The fourth-order valence-corrected chi connectivity index (χ4v) is 7.71. The molecule has 1 aliphatic heterocycles. The van der Waals surface area contributed by atoms with Crippen molar-refractivity contribution in [2.24, 2.45) is 0 Å². The molecule has 1 fully saturated rings. The van der Waals surface area contributed by atoms with Crippen molar-refractivity contribution in [3.63, 3.8) is 0 Å². The highest BCUT2D eigenvalue weighted by atomic mass is 35.5. The second-order valence-electron chi connectivity index (χ2n) is 6.00. The minimum Gasteiger partial charge on any atom is -0.492 e. The van der Waals surface area contributed by atoms with Crippen LogP contribution in [0, 0.1) is 0 Å². The van der Waals surface area contributed by atoms with Crippen molar-refractivity contribution < 1.29 is 21.6 Å². The normalized spacial score (nSPS) is 15.7. The smallest absolute Gasteiger partial charge is 0.264 e. The van der Waals surface area contributed by atoms with Gasteiger partial charge in [-0.05, 0) is 44.0 Å². The van der Waals surface area contributed by atoms with Gasteiger partial charge in [-0.3, -0.25) is 4.72 Å². The summed E-state index contributed by atoms with van der Waals surface area (Å²) in [6.07, 6.45) is 1.57. The highest BCUT2D eigenvalue weighted by Crippen LogP contribution is 2.36. The summed E-state index contributed by atoms with van der Waals surface area (Å²) >= 11 is 12.7. The number of hydrogen-bond acceptors (Lipinski definition) is 6. The first kappa shape index (κ1) is 21.7. The zero-order valence-electron chi connectivity index (χ0n) is 14.8. The zero-order chi connectivity index (χ0) is 20.5. The number of benzene rings is 1. The number of ether oxygens (including phenoxy) is 1. The highest BCUT2D eigenvalue weighted by Gasteiger charge is 2.31. The van der Waals surface area contributed by atoms with E-state index in [4.69, 9.17) is 27.9 Å². The molecule has 0 spiro atoms. The summed E-state index contributed by atoms with van der Waals surface area (Å²) in [5, 5.41) is 0. The molecule has 1 aromatic carbocycles. The second kappa shape index (κ2) is 8.37. The molecule has 2 heterocycles. The molecule has 7 nitrogen and oxygen atoms in total. The van der Waals surface area contributed by atoms with Crippen molar-refractivity contribution in [3.05, 3.63) is 32.9 Å². The predicted octanol–water partition coefficient (Wildman–Crippen LogP) is 4.04. The summed E-state index contributed by atoms with van der Waals surface area (Å²) < 4.78 is 60.7. The molecule has 28 heavy (non-hydrogen) atoms. The van der Waals surface area contributed by atoms with Crippen LogP contribution in [0.4, 0.5) is 5.69 Å². The van der Waals surface area contributed by atoms with Crippen LogP contribution in [0.5, 0.6) is 5.75 Å². The lowest BCUT2D eigenvalue weighted by atomic mass is 10.3. The predicted molar refractivity (Wildman–Crippen MR) is 111 cm³/mol. The van der Waals surface area contributed by atoms with Gasteiger partial charge in [-0.15, -0.1) is 11.3 Å². The summed E-state index contributed by atoms with van der Waals surface area (Å²) in [5.41, 5.74) is 0.0830. The molecule has 0 amide bonds. The molecular weight excluding hydrogens is 467 g/mol. The number of anilines is 1. The molecule has 3 rings (SSSR count). The van der Waals surface area contributed by atoms with Gasteiger partial charge in [0.05, 0.1) is 16.6 Å². The first-order valence-corrected chi connectivity index (χ1v) is 12.9. The third-order valence-corrected chi connectivity index (χ3v) is 9.15. The fraction of sp³-hybridized carbons (Fsp3) is 0.375. The Balaban J connectivity index is 2.00. The molecule has 2 aromatic rings. The standard InChI is InChI=1S/C16H18Cl2N2O5S3/c1-2-25-12-6-5-11(9-13(12)28(23,24)20-7-3-4-8-20)19-27(21,22)14-10-15(17)26-16(14)18/h5-6,9-10,19H,2-4,7-8H2,1H3. The van der Waals surface area contributed by atoms with Gasteiger partial charge in [0.25, 0.3) is 10.0 Å². The van der Waals surface area contributed by atoms with Crippen LogP contribution in [0.2, 0.25) is 8.67 Å². The van der Waals surface area contributed by atoms with Crippen LogP contribution in [0.3, 0.4) is 0 Å². The molecule has 154 valence electrons. The van der Waals surface area contributed by atoms with Gasteiger partial charge in [-0.25, -0.2) is 16.8 Å². The highest BCUT2D eigenvalue weighted by molar-refractivity contribution is 7.93. The van der Waals surface area contributed by atoms with Gasteiger partial charge in [0.15, 0.2) is 0 Å². The molecular formula is C16H18Cl2N2O5S3. The number of hydrogen-bond donors (Lipinski definition) is 1. The van der Waals surface area contributed by atoms with Crippen LogP contribution in [0.1, 0.15) is 19.8 Å². The molecule has 12 heteroatoms. The lowest BCUT2D eigenvalue weighted by molar-refractivity contribution is 0.330. The van der Waals surface area contributed by atoms with E-state index in [9.17, 15) is 16.8 Å². The van der Waals surface area contributed by atoms with Crippen LogP contribution in [0.15, 0.2) is 34.1 Å². The SMILES string of the molecule is CCOc1ccc(NS(=O)(=O)c2cc(Cl)sc2Cl)cc1S(=O)(=O)N1CCCC1. The molecule has 0 aliphatic carbocycles. The lowest BCUT2D eigenvalue weighted by Gasteiger charge is -2.19. The number of sulfonamides is 2. The van der Waals surface area contributed by atoms with E-state index < -0.39 is 20.0 Å². The molecule has 0 radical (unpaired) electrons. The minimum atomic E-state index is -4.03. The monoisotopic (exact) mass is 484 g/mol. The van der Waals surface area contributed by atoms with E-state index in [-0.39, 0.29) is 36.5 Å². The topological polar surface area (TPSA) is 92.8 Å². The van der Waals surface area contributed by atoms with Gasteiger partial charge < -0.3 is 4.74 Å². The van der Waals surface area contributed by atoms with E-state index in [1.165, 1.54) is 28.6 Å². The molecule has 0 saturated carbocycles. The number of nitrogens with zero attached hydrogens (tertiary/aromatic N) is 1. The number of rotatable bonds is 7. The third kappa shape index (κ3) is 4.42. The van der Waals surface area contributed by atoms with Crippen LogP contribution >= 0.6 is 34.5 Å². The molecule has 1 N–H and O–H groups in total. The molecule has 1 saturated heterocycles. The maximum Gasteiger partial charge on any atom is 0.264 e. The maximum atomic E-state index is 13.0. The summed E-state index contributed by atoms with van der Waals surface area (Å²) in [6, 6.07) is 5.38. The summed E-state index contributed by atoms with van der Waals surface area (Å²) in [5.74, 6) is 0.175. The van der Waals surface area contributed by atoms with Gasteiger partial charge in [0.2, 0.25) is 10.0 Å². The summed E-state index contributed by atoms with van der Waals surface area (Å²) in [4.78, 5) is -0.243. The van der Waals surface area contributed by atoms with Crippen LogP contribution in [0.25, 0.3) is 0 Å². The number of thiophene rings is 1. The Morgan fingerprint density at radius 2 is 1.79 bits per heavy atom. The van der Waals surface area contributed by atoms with Gasteiger partial charge in [0.1, 0.15) is 19.9 Å². The summed E-state index contributed by atoms with van der Waals surface area (Å²) in [6.45, 7) is 2.86. The van der Waals surface area contributed by atoms with Crippen LogP contribution in [-0.4, -0.2) is 40.8 Å². The minimum absolute atomic E-state index is 0.0216. The van der Waals surface area contributed by atoms with Crippen molar-refractivity contribution in [1.82, 2.24) is 4.31 Å². The largest absolute Gasteiger partial charge is 0.492 e. The Labute approximate surface area is 178 Å². The van der Waals surface area contributed by atoms with E-state index in [1.54, 1.807) is 6.92 Å². The molecule has 0 atom stereocenters. The first-order chi connectivity index (χ1) is 13.1. The Hall–Kier alpha value is -1.04. The Kier molecular flexibility index (Phi) is 6.48. The third-order valence-electron chi connectivity index (χ3n) is 4.09. The molecule has 0 unspecified atom stereocenters. The van der Waals surface area contributed by atoms with Crippen molar-refractivity contribution in [2.75, 3.05) is 24.4 Å². The second-order valence-corrected chi connectivity index (χ2v) is 11.8. The van der Waals surface area contributed by atoms with Gasteiger partial charge in [0, 0.05) is 13.1 Å². The van der Waals surface area contributed by atoms with Gasteiger partial charge in [-0.2, -0.15) is 4.31 Å². The summed E-state index contributed by atoms with van der Waals surface area (Å²) in [7, 11) is -7.84. The van der Waals surface area contributed by atoms with Crippen LogP contribution in [-0.2, 0) is 20.0 Å². The van der Waals surface area contributed by atoms with E-state index in [2.05, 4.69) is 4.72 Å². The quantitative estimate of drug-likeness (QED) is 0.639. The fourth-order valence-electron chi connectivity index (χ4n) is 2.83. The molecule has 1 aromatic heterocycles. The molecule has 0 bridgehead atoms. The number of nitrogens with one attached hydrogen (secondary N) is 1. The van der Waals surface area contributed by atoms with E-state index in [0.717, 1.165) is 24.2 Å². The van der Waals surface area contributed by atoms with Crippen molar-refractivity contribution >= 4 is 60.3 Å². The molecule has 1 aliphatic rings. The van der Waals surface area contributed by atoms with Crippen molar-refractivity contribution in [1.29, 1.82) is 0 Å². The van der Waals surface area contributed by atoms with E-state index in [0.29, 0.717) is 13.1 Å². The van der Waals surface area contributed by atoms with Gasteiger partial charge in [-0.1, -0.05) is 23.2 Å². The Morgan fingerprint density at radius 3 is 2.36 bits per heavy atom. The average Bonchev–Trinajstić information content (AvgIpc) is 3.26. The average molecular weight is 485 g/mol. The Bertz CT molecular complexity index is 1080.